The van der Waals surface area contributed by atoms with Crippen LogP contribution in [0.3, 0.4) is 0 Å². The number of hydrogen-bond acceptors (Lipinski definition) is 3. The van der Waals surface area contributed by atoms with Gasteiger partial charge in [-0.25, -0.2) is 13.6 Å². The van der Waals surface area contributed by atoms with E-state index in [2.05, 4.69) is 10.2 Å². The summed E-state index contributed by atoms with van der Waals surface area (Å²) >= 11 is 0. The Kier molecular flexibility index (Phi) is 3.46. The highest BCUT2D eigenvalue weighted by Crippen LogP contribution is 2.37. The monoisotopic (exact) mass is 268 g/mol. The number of hydrogen-bond donors (Lipinski definition) is 2. The van der Waals surface area contributed by atoms with Gasteiger partial charge in [0.05, 0.1) is 18.4 Å². The topological polar surface area (TPSA) is 75.2 Å². The van der Waals surface area contributed by atoms with Gasteiger partial charge in [0.25, 0.3) is 6.43 Å². The number of aromatic amines is 1. The fraction of sp³-hybridized carbons (Fsp3) is 0.167. The SMILES string of the molecule is COc1cccc(C(F)F)c1-c1cc(C(=O)O)[nH]n1. The van der Waals surface area contributed by atoms with Crippen LogP contribution in [0.25, 0.3) is 11.3 Å². The van der Waals surface area contributed by atoms with Gasteiger partial charge in [-0.3, -0.25) is 5.10 Å². The maximum atomic E-state index is 13.0. The summed E-state index contributed by atoms with van der Waals surface area (Å²) in [5.74, 6) is -1.01. The number of carboxylic acids is 1. The fourth-order valence-electron chi connectivity index (χ4n) is 1.73. The molecule has 0 saturated heterocycles. The minimum Gasteiger partial charge on any atom is -0.496 e. The summed E-state index contributed by atoms with van der Waals surface area (Å²) in [6, 6.07) is 5.38. The van der Waals surface area contributed by atoms with Gasteiger partial charge in [-0.05, 0) is 12.1 Å². The third kappa shape index (κ3) is 2.40. The number of aromatic nitrogens is 2. The summed E-state index contributed by atoms with van der Waals surface area (Å²) in [5.41, 5.74) is -0.252. The lowest BCUT2D eigenvalue weighted by Gasteiger charge is -2.11. The number of rotatable bonds is 4. The van der Waals surface area contributed by atoms with Crippen molar-refractivity contribution < 1.29 is 23.4 Å². The first-order valence-electron chi connectivity index (χ1n) is 5.28. The molecule has 0 aliphatic carbocycles. The molecular formula is C12H10F2N2O3. The average Bonchev–Trinajstić information content (AvgIpc) is 2.87. The predicted molar refractivity (Wildman–Crippen MR) is 62.5 cm³/mol. The number of ether oxygens (including phenoxy) is 1. The van der Waals surface area contributed by atoms with E-state index in [0.29, 0.717) is 0 Å². The molecule has 5 nitrogen and oxygen atoms in total. The molecule has 1 aromatic heterocycles. The Labute approximate surface area is 106 Å². The van der Waals surface area contributed by atoms with E-state index in [0.717, 1.165) is 0 Å². The molecule has 0 bridgehead atoms. The van der Waals surface area contributed by atoms with E-state index in [9.17, 15) is 13.6 Å². The molecule has 0 spiro atoms. The highest BCUT2D eigenvalue weighted by Gasteiger charge is 2.21. The highest BCUT2D eigenvalue weighted by atomic mass is 19.3. The first kappa shape index (κ1) is 13.0. The normalized spacial score (nSPS) is 10.7. The van der Waals surface area contributed by atoms with Crippen LogP contribution < -0.4 is 4.74 Å². The van der Waals surface area contributed by atoms with Gasteiger partial charge in [-0.15, -0.1) is 0 Å². The molecule has 2 N–H and O–H groups in total. The van der Waals surface area contributed by atoms with Crippen molar-refractivity contribution in [2.45, 2.75) is 6.43 Å². The molecule has 0 fully saturated rings. The second kappa shape index (κ2) is 5.05. The first-order chi connectivity index (χ1) is 9.04. The summed E-state index contributed by atoms with van der Waals surface area (Å²) in [7, 11) is 1.35. The van der Waals surface area contributed by atoms with Crippen molar-refractivity contribution in [2.75, 3.05) is 7.11 Å². The van der Waals surface area contributed by atoms with Gasteiger partial charge in [0, 0.05) is 5.56 Å². The number of carbonyl (C=O) groups is 1. The van der Waals surface area contributed by atoms with E-state index in [1.54, 1.807) is 0 Å². The van der Waals surface area contributed by atoms with Crippen LogP contribution >= 0.6 is 0 Å². The third-order valence-corrected chi connectivity index (χ3v) is 2.58. The molecule has 0 aliphatic rings. The molecule has 0 aliphatic heterocycles. The molecule has 1 heterocycles. The molecule has 2 rings (SSSR count). The molecule has 0 radical (unpaired) electrons. The van der Waals surface area contributed by atoms with Gasteiger partial charge in [-0.2, -0.15) is 5.10 Å². The summed E-state index contributed by atoms with van der Waals surface area (Å²) in [4.78, 5) is 10.8. The van der Waals surface area contributed by atoms with Crippen molar-refractivity contribution in [1.29, 1.82) is 0 Å². The van der Waals surface area contributed by atoms with Crippen molar-refractivity contribution in [3.63, 3.8) is 0 Å². The number of halogens is 2. The van der Waals surface area contributed by atoms with E-state index >= 15 is 0 Å². The van der Waals surface area contributed by atoms with Crippen LogP contribution in [0.15, 0.2) is 24.3 Å². The number of nitrogens with zero attached hydrogens (tertiary/aromatic N) is 1. The summed E-state index contributed by atoms with van der Waals surface area (Å²) in [6.07, 6.45) is -2.71. The lowest BCUT2D eigenvalue weighted by molar-refractivity contribution is 0.0690. The van der Waals surface area contributed by atoms with Crippen LogP contribution in [-0.4, -0.2) is 28.4 Å². The third-order valence-electron chi connectivity index (χ3n) is 2.58. The van der Waals surface area contributed by atoms with Crippen molar-refractivity contribution in [1.82, 2.24) is 10.2 Å². The molecule has 2 aromatic rings. The van der Waals surface area contributed by atoms with Gasteiger partial charge in [0.2, 0.25) is 0 Å². The predicted octanol–water partition coefficient (Wildman–Crippen LogP) is 2.72. The molecule has 1 aromatic carbocycles. The van der Waals surface area contributed by atoms with Gasteiger partial charge >= 0.3 is 5.97 Å². The lowest BCUT2D eigenvalue weighted by Crippen LogP contribution is -1.95. The number of alkyl halides is 2. The zero-order valence-electron chi connectivity index (χ0n) is 9.85. The Bertz CT molecular complexity index is 611. The Hall–Kier alpha value is -2.44. The minimum absolute atomic E-state index is 0.0868. The molecule has 0 atom stereocenters. The average molecular weight is 268 g/mol. The van der Waals surface area contributed by atoms with Crippen molar-refractivity contribution in [2.24, 2.45) is 0 Å². The van der Waals surface area contributed by atoms with Crippen LogP contribution in [0.1, 0.15) is 22.5 Å². The molecule has 0 amide bonds. The molecule has 19 heavy (non-hydrogen) atoms. The maximum absolute atomic E-state index is 13.0. The first-order valence-corrected chi connectivity index (χ1v) is 5.28. The number of H-pyrrole nitrogens is 1. The number of carboxylic acid groups (broad SMARTS) is 1. The van der Waals surface area contributed by atoms with E-state index in [-0.39, 0.29) is 28.3 Å². The number of aromatic carboxylic acids is 1. The number of nitrogens with one attached hydrogen (secondary N) is 1. The van der Waals surface area contributed by atoms with Crippen LogP contribution in [0.4, 0.5) is 8.78 Å². The standard InChI is InChI=1S/C12H10F2N2O3/c1-19-9-4-2-3-6(11(13)14)10(9)7-5-8(12(17)18)16-15-7/h2-5,11H,1H3,(H,15,16)(H,17,18). The second-order valence-corrected chi connectivity index (χ2v) is 3.70. The zero-order valence-corrected chi connectivity index (χ0v) is 9.85. The molecule has 0 unspecified atom stereocenters. The quantitative estimate of drug-likeness (QED) is 0.894. The molecule has 100 valence electrons. The Morgan fingerprint density at radius 2 is 2.21 bits per heavy atom. The largest absolute Gasteiger partial charge is 0.496 e. The summed E-state index contributed by atoms with van der Waals surface area (Å²) in [5, 5.41) is 14.8. The van der Waals surface area contributed by atoms with Gasteiger partial charge in [-0.1, -0.05) is 12.1 Å². The number of methoxy groups -OCH3 is 1. The van der Waals surface area contributed by atoms with Crippen molar-refractivity contribution >= 4 is 5.97 Å². The molecule has 0 saturated carbocycles. The van der Waals surface area contributed by atoms with Crippen LogP contribution in [-0.2, 0) is 0 Å². The van der Waals surface area contributed by atoms with Crippen LogP contribution in [0.2, 0.25) is 0 Å². The Morgan fingerprint density at radius 3 is 2.74 bits per heavy atom. The van der Waals surface area contributed by atoms with Crippen LogP contribution in [0.5, 0.6) is 5.75 Å². The van der Waals surface area contributed by atoms with E-state index in [4.69, 9.17) is 9.84 Å². The summed E-state index contributed by atoms with van der Waals surface area (Å²) in [6.45, 7) is 0. The summed E-state index contributed by atoms with van der Waals surface area (Å²) < 4.78 is 31.0. The minimum atomic E-state index is -2.71. The Balaban J connectivity index is 2.61. The van der Waals surface area contributed by atoms with Crippen molar-refractivity contribution in [3.8, 4) is 17.0 Å². The van der Waals surface area contributed by atoms with E-state index in [1.807, 2.05) is 0 Å². The van der Waals surface area contributed by atoms with E-state index < -0.39 is 12.4 Å². The van der Waals surface area contributed by atoms with Gasteiger partial charge < -0.3 is 9.84 Å². The number of benzene rings is 1. The zero-order chi connectivity index (χ0) is 14.0. The molecule has 7 heteroatoms. The smallest absolute Gasteiger partial charge is 0.353 e. The van der Waals surface area contributed by atoms with Crippen LogP contribution in [0, 0.1) is 0 Å². The maximum Gasteiger partial charge on any atom is 0.353 e. The fourth-order valence-corrected chi connectivity index (χ4v) is 1.73. The van der Waals surface area contributed by atoms with E-state index in [1.165, 1.54) is 31.4 Å². The van der Waals surface area contributed by atoms with Gasteiger partial charge in [0.15, 0.2) is 0 Å². The molecular weight excluding hydrogens is 258 g/mol. The van der Waals surface area contributed by atoms with Crippen molar-refractivity contribution in [3.05, 3.63) is 35.5 Å². The highest BCUT2D eigenvalue weighted by molar-refractivity contribution is 5.87. The Morgan fingerprint density at radius 1 is 1.47 bits per heavy atom. The lowest BCUT2D eigenvalue weighted by atomic mass is 10.0. The van der Waals surface area contributed by atoms with Gasteiger partial charge in [0.1, 0.15) is 11.4 Å². The second-order valence-electron chi connectivity index (χ2n) is 3.70.